The summed E-state index contributed by atoms with van der Waals surface area (Å²) >= 11 is 0. The number of morpholine rings is 1. The van der Waals surface area contributed by atoms with Gasteiger partial charge in [0.15, 0.2) is 6.10 Å². The number of aromatic nitrogens is 2. The van der Waals surface area contributed by atoms with E-state index < -0.39 is 12.1 Å². The van der Waals surface area contributed by atoms with Crippen LogP contribution in [0, 0.1) is 0 Å². The first-order chi connectivity index (χ1) is 8.61. The van der Waals surface area contributed by atoms with Crippen LogP contribution in [0.4, 0.5) is 0 Å². The molecule has 1 saturated heterocycles. The summed E-state index contributed by atoms with van der Waals surface area (Å²) in [4.78, 5) is 24.4. The number of ether oxygens (including phenoxy) is 1. The fourth-order valence-electron chi connectivity index (χ4n) is 1.80. The monoisotopic (exact) mass is 253 g/mol. The molecule has 1 fully saturated rings. The summed E-state index contributed by atoms with van der Waals surface area (Å²) in [5, 5.41) is 13.0. The number of amides is 1. The molecule has 2 rings (SSSR count). The minimum atomic E-state index is -1.05. The first-order valence-electron chi connectivity index (χ1n) is 5.79. The number of carboxylic acids is 1. The zero-order chi connectivity index (χ0) is 13.1. The SMILES string of the molecule is CCn1ccc(C(=O)N2CCO[C@@H](C(=O)O)C2)n1. The molecule has 0 aliphatic carbocycles. The summed E-state index contributed by atoms with van der Waals surface area (Å²) in [6.07, 6.45) is 0.776. The van der Waals surface area contributed by atoms with Crippen molar-refractivity contribution in [1.29, 1.82) is 0 Å². The van der Waals surface area contributed by atoms with Crippen LogP contribution in [0.5, 0.6) is 0 Å². The lowest BCUT2D eigenvalue weighted by atomic mass is 10.2. The Labute approximate surface area is 104 Å². The Bertz CT molecular complexity index is 457. The molecule has 0 radical (unpaired) electrons. The smallest absolute Gasteiger partial charge is 0.334 e. The second kappa shape index (κ2) is 5.18. The molecule has 1 aromatic rings. The Morgan fingerprint density at radius 1 is 1.61 bits per heavy atom. The maximum Gasteiger partial charge on any atom is 0.334 e. The van der Waals surface area contributed by atoms with Gasteiger partial charge in [0.1, 0.15) is 5.69 Å². The van der Waals surface area contributed by atoms with Gasteiger partial charge in [-0.3, -0.25) is 9.48 Å². The van der Waals surface area contributed by atoms with Gasteiger partial charge >= 0.3 is 5.97 Å². The average molecular weight is 253 g/mol. The van der Waals surface area contributed by atoms with Gasteiger partial charge in [0.2, 0.25) is 0 Å². The summed E-state index contributed by atoms with van der Waals surface area (Å²) in [6, 6.07) is 1.64. The summed E-state index contributed by atoms with van der Waals surface area (Å²) in [7, 11) is 0. The van der Waals surface area contributed by atoms with E-state index in [1.165, 1.54) is 4.90 Å². The predicted octanol–water partition coefficient (Wildman–Crippen LogP) is -0.171. The number of hydrogen-bond donors (Lipinski definition) is 1. The van der Waals surface area contributed by atoms with Crippen molar-refractivity contribution in [2.24, 2.45) is 0 Å². The molecular formula is C11H15N3O4. The lowest BCUT2D eigenvalue weighted by molar-refractivity contribution is -0.154. The van der Waals surface area contributed by atoms with Crippen molar-refractivity contribution in [2.45, 2.75) is 19.6 Å². The third kappa shape index (κ3) is 2.51. The van der Waals surface area contributed by atoms with E-state index in [9.17, 15) is 9.59 Å². The summed E-state index contributed by atoms with van der Waals surface area (Å²) in [5.41, 5.74) is 0.336. The van der Waals surface area contributed by atoms with Gasteiger partial charge in [-0.1, -0.05) is 0 Å². The highest BCUT2D eigenvalue weighted by atomic mass is 16.5. The maximum atomic E-state index is 12.1. The Morgan fingerprint density at radius 2 is 2.39 bits per heavy atom. The molecule has 18 heavy (non-hydrogen) atoms. The van der Waals surface area contributed by atoms with Crippen LogP contribution in [0.1, 0.15) is 17.4 Å². The summed E-state index contributed by atoms with van der Waals surface area (Å²) in [6.45, 7) is 3.30. The van der Waals surface area contributed by atoms with Crippen molar-refractivity contribution >= 4 is 11.9 Å². The van der Waals surface area contributed by atoms with Crippen LogP contribution in [0.3, 0.4) is 0 Å². The summed E-state index contributed by atoms with van der Waals surface area (Å²) < 4.78 is 6.72. The Balaban J connectivity index is 2.06. The lowest BCUT2D eigenvalue weighted by Gasteiger charge is -2.30. The van der Waals surface area contributed by atoms with Gasteiger partial charge in [-0.2, -0.15) is 5.10 Å². The molecule has 1 aliphatic rings. The third-order valence-electron chi connectivity index (χ3n) is 2.81. The van der Waals surface area contributed by atoms with Gasteiger partial charge in [0.25, 0.3) is 5.91 Å². The largest absolute Gasteiger partial charge is 0.479 e. The van der Waals surface area contributed by atoms with E-state index in [4.69, 9.17) is 9.84 Å². The quantitative estimate of drug-likeness (QED) is 0.808. The Hall–Kier alpha value is -1.89. The van der Waals surface area contributed by atoms with Crippen LogP contribution >= 0.6 is 0 Å². The molecule has 0 aromatic carbocycles. The van der Waals surface area contributed by atoms with Gasteiger partial charge in [-0.05, 0) is 13.0 Å². The van der Waals surface area contributed by atoms with E-state index in [2.05, 4.69) is 5.10 Å². The average Bonchev–Trinajstić information content (AvgIpc) is 2.86. The molecule has 0 spiro atoms. The van der Waals surface area contributed by atoms with Gasteiger partial charge in [-0.25, -0.2) is 4.79 Å². The van der Waals surface area contributed by atoms with E-state index in [-0.39, 0.29) is 19.1 Å². The molecular weight excluding hydrogens is 238 g/mol. The zero-order valence-corrected chi connectivity index (χ0v) is 10.1. The molecule has 1 atom stereocenters. The molecule has 1 aliphatic heterocycles. The maximum absolute atomic E-state index is 12.1. The number of aliphatic carboxylic acids is 1. The van der Waals surface area contributed by atoms with Crippen molar-refractivity contribution in [3.05, 3.63) is 18.0 Å². The van der Waals surface area contributed by atoms with Crippen LogP contribution in [-0.2, 0) is 16.1 Å². The molecule has 1 amide bonds. The Kier molecular flexibility index (Phi) is 3.61. The van der Waals surface area contributed by atoms with Crippen molar-refractivity contribution in [3.8, 4) is 0 Å². The normalized spacial score (nSPS) is 19.8. The van der Waals surface area contributed by atoms with E-state index in [0.29, 0.717) is 18.8 Å². The number of nitrogens with zero attached hydrogens (tertiary/aromatic N) is 3. The van der Waals surface area contributed by atoms with Crippen molar-refractivity contribution < 1.29 is 19.4 Å². The third-order valence-corrected chi connectivity index (χ3v) is 2.81. The molecule has 7 nitrogen and oxygen atoms in total. The number of hydrogen-bond acceptors (Lipinski definition) is 4. The molecule has 98 valence electrons. The number of carboxylic acid groups (broad SMARTS) is 1. The molecule has 0 saturated carbocycles. The van der Waals surface area contributed by atoms with Crippen LogP contribution in [-0.4, -0.2) is 57.5 Å². The van der Waals surface area contributed by atoms with Gasteiger partial charge in [-0.15, -0.1) is 0 Å². The second-order valence-electron chi connectivity index (χ2n) is 4.01. The number of aryl methyl sites for hydroxylation is 1. The van der Waals surface area contributed by atoms with Crippen LogP contribution in [0.25, 0.3) is 0 Å². The number of rotatable bonds is 3. The lowest BCUT2D eigenvalue weighted by Crippen LogP contribution is -2.48. The van der Waals surface area contributed by atoms with Crippen molar-refractivity contribution in [2.75, 3.05) is 19.7 Å². The summed E-state index contributed by atoms with van der Waals surface area (Å²) in [5.74, 6) is -1.30. The van der Waals surface area contributed by atoms with E-state index >= 15 is 0 Å². The van der Waals surface area contributed by atoms with Crippen molar-refractivity contribution in [3.63, 3.8) is 0 Å². The fraction of sp³-hybridized carbons (Fsp3) is 0.545. The van der Waals surface area contributed by atoms with Gasteiger partial charge in [0, 0.05) is 19.3 Å². The predicted molar refractivity (Wildman–Crippen MR) is 61.2 cm³/mol. The first-order valence-corrected chi connectivity index (χ1v) is 5.79. The van der Waals surface area contributed by atoms with Crippen LogP contribution < -0.4 is 0 Å². The number of carbonyl (C=O) groups excluding carboxylic acids is 1. The molecule has 1 N–H and O–H groups in total. The molecule has 7 heteroatoms. The fourth-order valence-corrected chi connectivity index (χ4v) is 1.80. The van der Waals surface area contributed by atoms with Crippen molar-refractivity contribution in [1.82, 2.24) is 14.7 Å². The Morgan fingerprint density at radius 3 is 3.00 bits per heavy atom. The molecule has 0 bridgehead atoms. The van der Waals surface area contributed by atoms with E-state index in [1.54, 1.807) is 16.9 Å². The zero-order valence-electron chi connectivity index (χ0n) is 10.1. The topological polar surface area (TPSA) is 84.7 Å². The van der Waals surface area contributed by atoms with Gasteiger partial charge in [0.05, 0.1) is 13.2 Å². The van der Waals surface area contributed by atoms with Crippen LogP contribution in [0.15, 0.2) is 12.3 Å². The van der Waals surface area contributed by atoms with E-state index in [0.717, 1.165) is 0 Å². The highest BCUT2D eigenvalue weighted by Gasteiger charge is 2.30. The van der Waals surface area contributed by atoms with Crippen LogP contribution in [0.2, 0.25) is 0 Å². The molecule has 0 unspecified atom stereocenters. The number of carbonyl (C=O) groups is 2. The first kappa shape index (κ1) is 12.6. The second-order valence-corrected chi connectivity index (χ2v) is 4.01. The molecule has 2 heterocycles. The minimum absolute atomic E-state index is 0.0627. The minimum Gasteiger partial charge on any atom is -0.479 e. The van der Waals surface area contributed by atoms with Gasteiger partial charge < -0.3 is 14.7 Å². The van der Waals surface area contributed by atoms with E-state index in [1.807, 2.05) is 6.92 Å². The standard InChI is InChI=1S/C11H15N3O4/c1-2-14-4-3-8(12-14)10(15)13-5-6-18-9(7-13)11(16)17/h3-4,9H,2,5-7H2,1H3,(H,16,17)/t9-/m1/s1. The highest BCUT2D eigenvalue weighted by molar-refractivity contribution is 5.92. The highest BCUT2D eigenvalue weighted by Crippen LogP contribution is 2.09. The molecule has 1 aromatic heterocycles.